The predicted molar refractivity (Wildman–Crippen MR) is 74.1 cm³/mol. The maximum absolute atomic E-state index is 4.26. The average molecular weight is 294 g/mol. The molecule has 0 amide bonds. The Morgan fingerprint density at radius 3 is 2.94 bits per heavy atom. The van der Waals surface area contributed by atoms with Gasteiger partial charge in [0.1, 0.15) is 4.60 Å². The van der Waals surface area contributed by atoms with E-state index in [1.165, 1.54) is 5.56 Å². The first kappa shape index (κ1) is 12.2. The van der Waals surface area contributed by atoms with Crippen LogP contribution in [0.1, 0.15) is 18.1 Å². The smallest absolute Gasteiger partial charge is 0.109 e. The van der Waals surface area contributed by atoms with E-state index in [1.807, 2.05) is 13.1 Å². The highest BCUT2D eigenvalue weighted by Gasteiger charge is 1.99. The van der Waals surface area contributed by atoms with Crippen LogP contribution in [-0.4, -0.2) is 9.55 Å². The molecule has 0 bridgehead atoms. The molecule has 0 spiro atoms. The van der Waals surface area contributed by atoms with Crippen molar-refractivity contribution in [1.82, 2.24) is 9.55 Å². The van der Waals surface area contributed by atoms with Gasteiger partial charge in [0.05, 0.1) is 11.9 Å². The van der Waals surface area contributed by atoms with Crippen LogP contribution in [0.5, 0.6) is 0 Å². The summed E-state index contributed by atoms with van der Waals surface area (Å²) in [5.41, 5.74) is 3.48. The van der Waals surface area contributed by atoms with Crippen molar-refractivity contribution in [3.8, 4) is 0 Å². The summed E-state index contributed by atoms with van der Waals surface area (Å²) in [6.45, 7) is 6.02. The van der Waals surface area contributed by atoms with Crippen molar-refractivity contribution in [2.75, 3.05) is 5.32 Å². The Bertz CT molecular complexity index is 505. The van der Waals surface area contributed by atoms with Crippen molar-refractivity contribution >= 4 is 21.6 Å². The number of halogens is 1. The third kappa shape index (κ3) is 3.09. The summed E-state index contributed by atoms with van der Waals surface area (Å²) >= 11 is 3.40. The first-order chi connectivity index (χ1) is 8.19. The van der Waals surface area contributed by atoms with E-state index in [1.54, 1.807) is 0 Å². The van der Waals surface area contributed by atoms with Crippen LogP contribution >= 0.6 is 15.9 Å². The molecule has 2 heterocycles. The standard InChI is InChI=1S/C13H16BrN3/c1-3-17-5-4-11(9-17)7-15-12-6-10(2)13(14)16-8-12/h4-6,8-9,15H,3,7H2,1-2H3. The molecule has 0 aromatic carbocycles. The largest absolute Gasteiger partial charge is 0.380 e. The number of nitrogens with zero attached hydrogens (tertiary/aromatic N) is 2. The molecule has 3 nitrogen and oxygen atoms in total. The molecule has 0 aliphatic carbocycles. The van der Waals surface area contributed by atoms with E-state index in [-0.39, 0.29) is 0 Å². The third-order valence-corrected chi connectivity index (χ3v) is 3.52. The Kier molecular flexibility index (Phi) is 3.84. The van der Waals surface area contributed by atoms with Crippen LogP contribution in [0.25, 0.3) is 0 Å². The van der Waals surface area contributed by atoms with Gasteiger partial charge >= 0.3 is 0 Å². The Hall–Kier alpha value is -1.29. The molecule has 0 saturated heterocycles. The predicted octanol–water partition coefficient (Wildman–Crippen LogP) is 3.59. The van der Waals surface area contributed by atoms with E-state index in [0.29, 0.717) is 0 Å². The molecule has 0 aliphatic heterocycles. The van der Waals surface area contributed by atoms with E-state index < -0.39 is 0 Å². The first-order valence-corrected chi connectivity index (χ1v) is 6.49. The molecule has 0 atom stereocenters. The Labute approximate surface area is 110 Å². The van der Waals surface area contributed by atoms with Gasteiger partial charge in [0.15, 0.2) is 0 Å². The number of nitrogens with one attached hydrogen (secondary N) is 1. The van der Waals surface area contributed by atoms with Gasteiger partial charge in [0.25, 0.3) is 0 Å². The zero-order chi connectivity index (χ0) is 12.3. The van der Waals surface area contributed by atoms with E-state index in [9.17, 15) is 0 Å². The Balaban J connectivity index is 1.99. The number of aryl methyl sites for hydroxylation is 2. The summed E-state index contributed by atoms with van der Waals surface area (Å²) in [4.78, 5) is 4.26. The molecule has 0 unspecified atom stereocenters. The number of anilines is 1. The van der Waals surface area contributed by atoms with Crippen LogP contribution in [0, 0.1) is 6.92 Å². The Morgan fingerprint density at radius 2 is 2.29 bits per heavy atom. The van der Waals surface area contributed by atoms with Crippen molar-refractivity contribution in [3.63, 3.8) is 0 Å². The second-order valence-corrected chi connectivity index (χ2v) is 4.79. The zero-order valence-corrected chi connectivity index (χ0v) is 11.7. The van der Waals surface area contributed by atoms with Gasteiger partial charge in [-0.25, -0.2) is 4.98 Å². The van der Waals surface area contributed by atoms with Crippen molar-refractivity contribution in [1.29, 1.82) is 0 Å². The topological polar surface area (TPSA) is 29.9 Å². The number of aromatic nitrogens is 2. The number of rotatable bonds is 4. The highest BCUT2D eigenvalue weighted by molar-refractivity contribution is 9.10. The van der Waals surface area contributed by atoms with Gasteiger partial charge in [-0.1, -0.05) is 0 Å². The van der Waals surface area contributed by atoms with Crippen molar-refractivity contribution < 1.29 is 0 Å². The molecule has 0 saturated carbocycles. The normalized spacial score (nSPS) is 10.5. The molecular formula is C13H16BrN3. The second-order valence-electron chi connectivity index (χ2n) is 4.04. The fourth-order valence-corrected chi connectivity index (χ4v) is 1.87. The summed E-state index contributed by atoms with van der Waals surface area (Å²) < 4.78 is 3.07. The zero-order valence-electron chi connectivity index (χ0n) is 10.1. The fraction of sp³-hybridized carbons (Fsp3) is 0.308. The van der Waals surface area contributed by atoms with Gasteiger partial charge < -0.3 is 9.88 Å². The molecule has 4 heteroatoms. The minimum absolute atomic E-state index is 0.829. The average Bonchev–Trinajstić information content (AvgIpc) is 2.79. The lowest BCUT2D eigenvalue weighted by Crippen LogP contribution is -1.99. The second kappa shape index (κ2) is 5.36. The van der Waals surface area contributed by atoms with Gasteiger partial charge in [-0.2, -0.15) is 0 Å². The van der Waals surface area contributed by atoms with Crippen LogP contribution in [-0.2, 0) is 13.1 Å². The van der Waals surface area contributed by atoms with Crippen LogP contribution in [0.15, 0.2) is 35.3 Å². The lowest BCUT2D eigenvalue weighted by atomic mass is 10.3. The molecule has 90 valence electrons. The van der Waals surface area contributed by atoms with Crippen molar-refractivity contribution in [2.45, 2.75) is 26.9 Å². The van der Waals surface area contributed by atoms with Gasteiger partial charge in [-0.15, -0.1) is 0 Å². The summed E-state index contributed by atoms with van der Waals surface area (Å²) in [5, 5.41) is 3.37. The van der Waals surface area contributed by atoms with Crippen LogP contribution < -0.4 is 5.32 Å². The van der Waals surface area contributed by atoms with E-state index in [0.717, 1.165) is 28.9 Å². The summed E-state index contributed by atoms with van der Waals surface area (Å²) in [7, 11) is 0. The third-order valence-electron chi connectivity index (χ3n) is 2.69. The molecular weight excluding hydrogens is 278 g/mol. The van der Waals surface area contributed by atoms with E-state index >= 15 is 0 Å². The molecule has 0 aliphatic rings. The first-order valence-electron chi connectivity index (χ1n) is 5.69. The fourth-order valence-electron chi connectivity index (χ4n) is 1.65. The summed E-state index contributed by atoms with van der Waals surface area (Å²) in [6.07, 6.45) is 6.10. The van der Waals surface area contributed by atoms with E-state index in [4.69, 9.17) is 0 Å². The lowest BCUT2D eigenvalue weighted by Gasteiger charge is -2.06. The molecule has 2 aromatic rings. The lowest BCUT2D eigenvalue weighted by molar-refractivity contribution is 0.766. The molecule has 2 rings (SSSR count). The number of hydrogen-bond donors (Lipinski definition) is 1. The van der Waals surface area contributed by atoms with Crippen LogP contribution in [0.3, 0.4) is 0 Å². The Morgan fingerprint density at radius 1 is 1.47 bits per heavy atom. The molecule has 2 aromatic heterocycles. The highest BCUT2D eigenvalue weighted by Crippen LogP contribution is 2.17. The van der Waals surface area contributed by atoms with Gasteiger partial charge in [0, 0.05) is 25.5 Å². The molecule has 0 radical (unpaired) electrons. The maximum Gasteiger partial charge on any atom is 0.109 e. The van der Waals surface area contributed by atoms with Crippen LogP contribution in [0.2, 0.25) is 0 Å². The van der Waals surface area contributed by atoms with Gasteiger partial charge in [0.2, 0.25) is 0 Å². The monoisotopic (exact) mass is 293 g/mol. The van der Waals surface area contributed by atoms with E-state index in [2.05, 4.69) is 62.2 Å². The van der Waals surface area contributed by atoms with Crippen molar-refractivity contribution in [2.24, 2.45) is 0 Å². The van der Waals surface area contributed by atoms with Gasteiger partial charge in [-0.05, 0) is 53.0 Å². The molecule has 1 N–H and O–H groups in total. The molecule has 17 heavy (non-hydrogen) atoms. The van der Waals surface area contributed by atoms with Crippen molar-refractivity contribution in [3.05, 3.63) is 46.5 Å². The van der Waals surface area contributed by atoms with Crippen LogP contribution in [0.4, 0.5) is 5.69 Å². The maximum atomic E-state index is 4.26. The quantitative estimate of drug-likeness (QED) is 0.873. The SMILES string of the molecule is CCn1ccc(CNc2cnc(Br)c(C)c2)c1. The summed E-state index contributed by atoms with van der Waals surface area (Å²) in [5.74, 6) is 0. The minimum atomic E-state index is 0.829. The number of pyridine rings is 1. The summed E-state index contributed by atoms with van der Waals surface area (Å²) in [6, 6.07) is 4.23. The number of hydrogen-bond acceptors (Lipinski definition) is 2. The highest BCUT2D eigenvalue weighted by atomic mass is 79.9. The minimum Gasteiger partial charge on any atom is -0.380 e. The van der Waals surface area contributed by atoms with Gasteiger partial charge in [-0.3, -0.25) is 0 Å². The molecule has 0 fully saturated rings.